The quantitative estimate of drug-likeness (QED) is 0.723. The summed E-state index contributed by atoms with van der Waals surface area (Å²) in [5, 5.41) is 9.72. The number of aryl methyl sites for hydroxylation is 1. The highest BCUT2D eigenvalue weighted by Crippen LogP contribution is 2.28. The summed E-state index contributed by atoms with van der Waals surface area (Å²) in [5.41, 5.74) is 1.09. The molecule has 24 heavy (non-hydrogen) atoms. The van der Waals surface area contributed by atoms with E-state index in [0.29, 0.717) is 42.1 Å². The van der Waals surface area contributed by atoms with Gasteiger partial charge in [0.2, 0.25) is 0 Å². The molecule has 0 saturated heterocycles. The van der Waals surface area contributed by atoms with Crippen LogP contribution in [-0.2, 0) is 0 Å². The number of hydrogen-bond acceptors (Lipinski definition) is 4. The van der Waals surface area contributed by atoms with E-state index in [4.69, 9.17) is 30.9 Å². The molecule has 0 aliphatic carbocycles. The summed E-state index contributed by atoms with van der Waals surface area (Å²) < 4.78 is 16.7. The molecular weight excluding hydrogens is 332 g/mol. The Labute approximate surface area is 145 Å². The van der Waals surface area contributed by atoms with Crippen LogP contribution in [0.4, 0.5) is 0 Å². The van der Waals surface area contributed by atoms with Crippen LogP contribution in [0.5, 0.6) is 17.2 Å². The molecule has 0 radical (unpaired) electrons. The molecule has 2 rings (SSSR count). The van der Waals surface area contributed by atoms with Crippen molar-refractivity contribution in [3.05, 3.63) is 52.5 Å². The zero-order valence-electron chi connectivity index (χ0n) is 13.5. The van der Waals surface area contributed by atoms with Crippen molar-refractivity contribution in [3.8, 4) is 17.2 Å². The van der Waals surface area contributed by atoms with Crippen LogP contribution in [0.1, 0.15) is 22.8 Å². The van der Waals surface area contributed by atoms with Crippen molar-refractivity contribution >= 4 is 17.6 Å². The minimum Gasteiger partial charge on any atom is -0.490 e. The van der Waals surface area contributed by atoms with Gasteiger partial charge in [-0.2, -0.15) is 0 Å². The molecule has 2 aromatic carbocycles. The van der Waals surface area contributed by atoms with Gasteiger partial charge in [-0.15, -0.1) is 0 Å². The summed E-state index contributed by atoms with van der Waals surface area (Å²) in [6, 6.07) is 9.94. The molecule has 0 heterocycles. The normalized spacial score (nSPS) is 10.3. The van der Waals surface area contributed by atoms with E-state index in [0.717, 1.165) is 5.56 Å². The summed E-state index contributed by atoms with van der Waals surface area (Å²) in [7, 11) is 0. The van der Waals surface area contributed by atoms with Gasteiger partial charge < -0.3 is 19.3 Å². The van der Waals surface area contributed by atoms with Crippen LogP contribution in [0.2, 0.25) is 5.02 Å². The van der Waals surface area contributed by atoms with Crippen LogP contribution in [0.25, 0.3) is 0 Å². The summed E-state index contributed by atoms with van der Waals surface area (Å²) in [6.45, 7) is 4.79. The Hall–Kier alpha value is -2.40. The summed E-state index contributed by atoms with van der Waals surface area (Å²) in [4.78, 5) is 11.0. The van der Waals surface area contributed by atoms with Gasteiger partial charge in [0, 0.05) is 5.02 Å². The van der Waals surface area contributed by atoms with E-state index < -0.39 is 5.97 Å². The summed E-state index contributed by atoms with van der Waals surface area (Å²) in [6.07, 6.45) is 0. The Morgan fingerprint density at radius 1 is 1.04 bits per heavy atom. The van der Waals surface area contributed by atoms with Crippen molar-refractivity contribution in [3.63, 3.8) is 0 Å². The lowest BCUT2D eigenvalue weighted by atomic mass is 10.2. The van der Waals surface area contributed by atoms with Crippen LogP contribution >= 0.6 is 11.6 Å². The van der Waals surface area contributed by atoms with Gasteiger partial charge in [-0.1, -0.05) is 11.6 Å². The highest BCUT2D eigenvalue weighted by molar-refractivity contribution is 6.31. The molecule has 0 fully saturated rings. The zero-order chi connectivity index (χ0) is 17.5. The largest absolute Gasteiger partial charge is 0.490 e. The lowest BCUT2D eigenvalue weighted by molar-refractivity contribution is 0.0696. The molecule has 1 N–H and O–H groups in total. The van der Waals surface area contributed by atoms with Gasteiger partial charge in [-0.05, 0) is 55.8 Å². The van der Waals surface area contributed by atoms with E-state index in [1.54, 1.807) is 18.2 Å². The number of aromatic carboxylic acids is 1. The number of carboxylic acid groups (broad SMARTS) is 1. The molecule has 0 aromatic heterocycles. The minimum atomic E-state index is -1.01. The van der Waals surface area contributed by atoms with Crippen LogP contribution in [0, 0.1) is 6.92 Å². The number of carboxylic acids is 1. The maximum Gasteiger partial charge on any atom is 0.335 e. The van der Waals surface area contributed by atoms with E-state index in [1.165, 1.54) is 12.1 Å². The predicted molar refractivity (Wildman–Crippen MR) is 91.7 cm³/mol. The van der Waals surface area contributed by atoms with Crippen molar-refractivity contribution in [1.29, 1.82) is 0 Å². The zero-order valence-corrected chi connectivity index (χ0v) is 14.3. The van der Waals surface area contributed by atoms with Gasteiger partial charge >= 0.3 is 5.97 Å². The molecule has 6 heteroatoms. The Morgan fingerprint density at radius 3 is 2.46 bits per heavy atom. The number of carbonyl (C=O) groups is 1. The lowest BCUT2D eigenvalue weighted by Gasteiger charge is -2.13. The SMILES string of the molecule is CCOc1cc(C(=O)O)ccc1OCCOc1ccc(Cl)c(C)c1. The van der Waals surface area contributed by atoms with E-state index in [1.807, 2.05) is 19.9 Å². The smallest absolute Gasteiger partial charge is 0.335 e. The second kappa shape index (κ2) is 8.45. The molecule has 0 spiro atoms. The van der Waals surface area contributed by atoms with Crippen LogP contribution in [0.3, 0.4) is 0 Å². The van der Waals surface area contributed by atoms with Crippen molar-refractivity contribution in [2.45, 2.75) is 13.8 Å². The third kappa shape index (κ3) is 4.80. The number of benzene rings is 2. The average molecular weight is 351 g/mol. The monoisotopic (exact) mass is 350 g/mol. The molecule has 0 bridgehead atoms. The van der Waals surface area contributed by atoms with Crippen molar-refractivity contribution < 1.29 is 24.1 Å². The highest BCUT2D eigenvalue weighted by atomic mass is 35.5. The first kappa shape index (κ1) is 17.9. The second-order valence-corrected chi connectivity index (χ2v) is 5.41. The number of ether oxygens (including phenoxy) is 3. The Balaban J connectivity index is 1.93. The van der Waals surface area contributed by atoms with Gasteiger partial charge in [-0.25, -0.2) is 4.79 Å². The molecule has 2 aromatic rings. The second-order valence-electron chi connectivity index (χ2n) is 5.01. The Kier molecular flexibility index (Phi) is 6.32. The van der Waals surface area contributed by atoms with E-state index in [-0.39, 0.29) is 5.56 Å². The van der Waals surface area contributed by atoms with Crippen LogP contribution < -0.4 is 14.2 Å². The first-order chi connectivity index (χ1) is 11.5. The molecule has 128 valence electrons. The average Bonchev–Trinajstić information content (AvgIpc) is 2.56. The van der Waals surface area contributed by atoms with E-state index in [9.17, 15) is 4.79 Å². The van der Waals surface area contributed by atoms with Gasteiger partial charge in [0.25, 0.3) is 0 Å². The molecule has 5 nitrogen and oxygen atoms in total. The molecular formula is C18H19ClO5. The van der Waals surface area contributed by atoms with Gasteiger partial charge in [0.1, 0.15) is 19.0 Å². The molecule has 0 aliphatic rings. The molecule has 0 saturated carbocycles. The van der Waals surface area contributed by atoms with Gasteiger partial charge in [0.05, 0.1) is 12.2 Å². The van der Waals surface area contributed by atoms with Gasteiger partial charge in [-0.3, -0.25) is 0 Å². The number of hydrogen-bond donors (Lipinski definition) is 1. The Morgan fingerprint density at radius 2 is 1.79 bits per heavy atom. The van der Waals surface area contributed by atoms with Crippen molar-refractivity contribution in [2.24, 2.45) is 0 Å². The highest BCUT2D eigenvalue weighted by Gasteiger charge is 2.10. The fourth-order valence-corrected chi connectivity index (χ4v) is 2.16. The fraction of sp³-hybridized carbons (Fsp3) is 0.278. The van der Waals surface area contributed by atoms with Crippen molar-refractivity contribution in [1.82, 2.24) is 0 Å². The van der Waals surface area contributed by atoms with E-state index >= 15 is 0 Å². The number of rotatable bonds is 8. The molecule has 0 amide bonds. The predicted octanol–water partition coefficient (Wildman–Crippen LogP) is 4.20. The minimum absolute atomic E-state index is 0.152. The lowest BCUT2D eigenvalue weighted by Crippen LogP contribution is -2.10. The molecule has 0 aliphatic heterocycles. The standard InChI is InChI=1S/C18H19ClO5/c1-3-22-17-11-13(18(20)21)4-7-16(17)24-9-8-23-14-5-6-15(19)12(2)10-14/h4-7,10-11H,3,8-9H2,1-2H3,(H,20,21). The molecule has 0 atom stereocenters. The first-order valence-electron chi connectivity index (χ1n) is 7.53. The fourth-order valence-electron chi connectivity index (χ4n) is 2.05. The maximum atomic E-state index is 11.0. The topological polar surface area (TPSA) is 65.0 Å². The first-order valence-corrected chi connectivity index (χ1v) is 7.91. The van der Waals surface area contributed by atoms with Gasteiger partial charge in [0.15, 0.2) is 11.5 Å². The summed E-state index contributed by atoms with van der Waals surface area (Å²) in [5.74, 6) is 0.591. The third-order valence-electron chi connectivity index (χ3n) is 3.23. The summed E-state index contributed by atoms with van der Waals surface area (Å²) >= 11 is 5.97. The van der Waals surface area contributed by atoms with E-state index in [2.05, 4.69) is 0 Å². The Bertz CT molecular complexity index is 715. The van der Waals surface area contributed by atoms with Crippen LogP contribution in [0.15, 0.2) is 36.4 Å². The number of halogens is 1. The van der Waals surface area contributed by atoms with Crippen LogP contribution in [-0.4, -0.2) is 30.9 Å². The third-order valence-corrected chi connectivity index (χ3v) is 3.65. The molecule has 0 unspecified atom stereocenters. The maximum absolute atomic E-state index is 11.0. The van der Waals surface area contributed by atoms with Crippen molar-refractivity contribution in [2.75, 3.05) is 19.8 Å².